The van der Waals surface area contributed by atoms with Gasteiger partial charge in [-0.25, -0.2) is 0 Å². The van der Waals surface area contributed by atoms with E-state index in [4.69, 9.17) is 23.2 Å². The molecule has 0 aliphatic heterocycles. The van der Waals surface area contributed by atoms with Gasteiger partial charge in [0.25, 0.3) is 0 Å². The number of rotatable bonds is 9. The highest BCUT2D eigenvalue weighted by atomic mass is 35.5. The van der Waals surface area contributed by atoms with E-state index < -0.39 is 6.04 Å². The molecule has 0 heterocycles. The lowest BCUT2D eigenvalue weighted by Gasteiger charge is -2.31. The van der Waals surface area contributed by atoms with Gasteiger partial charge in [-0.2, -0.15) is 0 Å². The summed E-state index contributed by atoms with van der Waals surface area (Å²) in [4.78, 5) is 28.1. The van der Waals surface area contributed by atoms with Crippen LogP contribution in [-0.2, 0) is 21.9 Å². The van der Waals surface area contributed by atoms with Crippen molar-refractivity contribution in [3.05, 3.63) is 69.2 Å². The van der Waals surface area contributed by atoms with Crippen molar-refractivity contribution in [3.63, 3.8) is 0 Å². The molecule has 33 heavy (non-hydrogen) atoms. The summed E-state index contributed by atoms with van der Waals surface area (Å²) in [6, 6.07) is 13.2. The first kappa shape index (κ1) is 25.9. The number of thioether (sulfide) groups is 1. The fourth-order valence-electron chi connectivity index (χ4n) is 4.09. The average Bonchev–Trinajstić information content (AvgIpc) is 2.81. The van der Waals surface area contributed by atoms with Gasteiger partial charge >= 0.3 is 0 Å². The van der Waals surface area contributed by atoms with Crippen LogP contribution in [0.25, 0.3) is 0 Å². The number of hydrogen-bond donors (Lipinski definition) is 1. The topological polar surface area (TPSA) is 49.4 Å². The number of carbonyl (C=O) groups is 2. The van der Waals surface area contributed by atoms with Crippen LogP contribution < -0.4 is 5.32 Å². The van der Waals surface area contributed by atoms with Gasteiger partial charge in [0.1, 0.15) is 6.04 Å². The van der Waals surface area contributed by atoms with Crippen molar-refractivity contribution < 1.29 is 9.59 Å². The first-order chi connectivity index (χ1) is 15.8. The second kappa shape index (κ2) is 12.7. The third-order valence-electron chi connectivity index (χ3n) is 6.20. The fourth-order valence-corrected chi connectivity index (χ4v) is 5.27. The number of hydrogen-bond acceptors (Lipinski definition) is 3. The predicted octanol–water partition coefficient (Wildman–Crippen LogP) is 6.40. The van der Waals surface area contributed by atoms with E-state index in [-0.39, 0.29) is 23.6 Å². The zero-order valence-corrected chi connectivity index (χ0v) is 21.6. The highest BCUT2D eigenvalue weighted by molar-refractivity contribution is 7.99. The van der Waals surface area contributed by atoms with Crippen LogP contribution in [0.5, 0.6) is 0 Å². The Kier molecular flexibility index (Phi) is 9.96. The van der Waals surface area contributed by atoms with Gasteiger partial charge in [0.15, 0.2) is 0 Å². The number of nitrogens with one attached hydrogen (secondary N) is 1. The maximum atomic E-state index is 13.3. The molecule has 1 atom stereocenters. The van der Waals surface area contributed by atoms with Gasteiger partial charge in [-0.05, 0) is 55.5 Å². The van der Waals surface area contributed by atoms with E-state index in [1.54, 1.807) is 11.0 Å². The van der Waals surface area contributed by atoms with Crippen molar-refractivity contribution >= 4 is 46.8 Å². The van der Waals surface area contributed by atoms with Gasteiger partial charge in [0.05, 0.1) is 15.8 Å². The third kappa shape index (κ3) is 7.66. The largest absolute Gasteiger partial charge is 0.352 e. The molecule has 1 fully saturated rings. The van der Waals surface area contributed by atoms with Gasteiger partial charge in [0.2, 0.25) is 11.8 Å². The van der Waals surface area contributed by atoms with E-state index in [2.05, 4.69) is 5.32 Å². The first-order valence-corrected chi connectivity index (χ1v) is 13.4. The van der Waals surface area contributed by atoms with Crippen LogP contribution in [-0.4, -0.2) is 34.6 Å². The van der Waals surface area contributed by atoms with Crippen molar-refractivity contribution in [2.45, 2.75) is 70.3 Å². The molecule has 0 unspecified atom stereocenters. The highest BCUT2D eigenvalue weighted by Gasteiger charge is 2.28. The molecule has 1 aliphatic carbocycles. The summed E-state index contributed by atoms with van der Waals surface area (Å²) in [7, 11) is 0. The maximum Gasteiger partial charge on any atom is 0.242 e. The number of benzene rings is 2. The maximum absolute atomic E-state index is 13.3. The lowest BCUT2D eigenvalue weighted by Crippen LogP contribution is -2.50. The molecule has 1 saturated carbocycles. The predicted molar refractivity (Wildman–Crippen MR) is 139 cm³/mol. The second-order valence-electron chi connectivity index (χ2n) is 8.71. The molecule has 0 radical (unpaired) electrons. The van der Waals surface area contributed by atoms with Crippen molar-refractivity contribution in [3.8, 4) is 0 Å². The smallest absolute Gasteiger partial charge is 0.242 e. The van der Waals surface area contributed by atoms with Crippen LogP contribution in [0, 0.1) is 6.92 Å². The van der Waals surface area contributed by atoms with Crippen LogP contribution in [0.15, 0.2) is 42.5 Å². The Morgan fingerprint density at radius 2 is 1.82 bits per heavy atom. The van der Waals surface area contributed by atoms with Crippen LogP contribution in [0.2, 0.25) is 10.0 Å². The molecule has 2 aromatic rings. The van der Waals surface area contributed by atoms with E-state index in [1.807, 2.05) is 50.2 Å². The molecule has 2 amide bonds. The lowest BCUT2D eigenvalue weighted by atomic mass is 9.95. The molecule has 178 valence electrons. The van der Waals surface area contributed by atoms with Gasteiger partial charge in [-0.3, -0.25) is 9.59 Å². The number of halogens is 2. The summed E-state index contributed by atoms with van der Waals surface area (Å²) in [5.74, 6) is 0.810. The fraction of sp³-hybridized carbons (Fsp3) is 0.462. The SMILES string of the molecule is Cc1ccccc1CN(C(=O)CSCc1ccc(Cl)c(Cl)c1)[C@@H](C)C(=O)NC1CCCCC1. The van der Waals surface area contributed by atoms with E-state index in [1.165, 1.54) is 18.2 Å². The molecule has 4 nitrogen and oxygen atoms in total. The van der Waals surface area contributed by atoms with Crippen LogP contribution >= 0.6 is 35.0 Å². The Balaban J connectivity index is 1.66. The summed E-state index contributed by atoms with van der Waals surface area (Å²) in [6.07, 6.45) is 5.57. The summed E-state index contributed by atoms with van der Waals surface area (Å²) < 4.78 is 0. The molecule has 1 N–H and O–H groups in total. The van der Waals surface area contributed by atoms with Gasteiger partial charge in [-0.15, -0.1) is 11.8 Å². The lowest BCUT2D eigenvalue weighted by molar-refractivity contribution is -0.139. The molecule has 0 spiro atoms. The zero-order chi connectivity index (χ0) is 23.8. The van der Waals surface area contributed by atoms with Crippen LogP contribution in [0.3, 0.4) is 0 Å². The first-order valence-electron chi connectivity index (χ1n) is 11.5. The van der Waals surface area contributed by atoms with E-state index >= 15 is 0 Å². The Bertz CT molecular complexity index is 963. The molecular formula is C26H32Cl2N2O2S. The quantitative estimate of drug-likeness (QED) is 0.427. The average molecular weight is 508 g/mol. The number of amides is 2. The second-order valence-corrected chi connectivity index (χ2v) is 10.5. The Morgan fingerprint density at radius 3 is 2.52 bits per heavy atom. The summed E-state index contributed by atoms with van der Waals surface area (Å²) >= 11 is 13.6. The van der Waals surface area contributed by atoms with Crippen LogP contribution in [0.4, 0.5) is 0 Å². The van der Waals surface area contributed by atoms with Crippen molar-refractivity contribution in [1.82, 2.24) is 10.2 Å². The third-order valence-corrected chi connectivity index (χ3v) is 7.93. The molecule has 3 rings (SSSR count). The Morgan fingerprint density at radius 1 is 1.09 bits per heavy atom. The van der Waals surface area contributed by atoms with E-state index in [0.29, 0.717) is 22.3 Å². The summed E-state index contributed by atoms with van der Waals surface area (Å²) in [6.45, 7) is 4.28. The van der Waals surface area contributed by atoms with Gasteiger partial charge in [-0.1, -0.05) is 72.8 Å². The van der Waals surface area contributed by atoms with Gasteiger partial charge < -0.3 is 10.2 Å². The minimum Gasteiger partial charge on any atom is -0.352 e. The van der Waals surface area contributed by atoms with Gasteiger partial charge in [0, 0.05) is 18.3 Å². The normalized spacial score (nSPS) is 15.2. The highest BCUT2D eigenvalue weighted by Crippen LogP contribution is 2.25. The molecule has 7 heteroatoms. The minimum atomic E-state index is -0.537. The summed E-state index contributed by atoms with van der Waals surface area (Å²) in [5.41, 5.74) is 3.17. The zero-order valence-electron chi connectivity index (χ0n) is 19.3. The Labute approximate surface area is 211 Å². The van der Waals surface area contributed by atoms with Crippen LogP contribution in [0.1, 0.15) is 55.7 Å². The molecular weight excluding hydrogens is 475 g/mol. The standard InChI is InChI=1S/C26H32Cl2N2O2S/c1-18-8-6-7-9-21(18)15-30(19(2)26(32)29-22-10-4-3-5-11-22)25(31)17-33-16-20-12-13-23(27)24(28)14-20/h6-9,12-14,19,22H,3-5,10-11,15-17H2,1-2H3,(H,29,32)/t19-/m0/s1. The van der Waals surface area contributed by atoms with Crippen molar-refractivity contribution in [2.75, 3.05) is 5.75 Å². The summed E-state index contributed by atoms with van der Waals surface area (Å²) in [5, 5.41) is 4.21. The molecule has 0 bridgehead atoms. The Hall–Kier alpha value is -1.69. The van der Waals surface area contributed by atoms with E-state index in [9.17, 15) is 9.59 Å². The van der Waals surface area contributed by atoms with Crippen molar-refractivity contribution in [2.24, 2.45) is 0 Å². The number of carbonyl (C=O) groups excluding carboxylic acids is 2. The number of nitrogens with zero attached hydrogens (tertiary/aromatic N) is 1. The molecule has 0 aromatic heterocycles. The minimum absolute atomic E-state index is 0.0467. The molecule has 2 aromatic carbocycles. The monoisotopic (exact) mass is 506 g/mol. The van der Waals surface area contributed by atoms with Crippen molar-refractivity contribution in [1.29, 1.82) is 0 Å². The molecule has 1 aliphatic rings. The number of aryl methyl sites for hydroxylation is 1. The van der Waals surface area contributed by atoms with E-state index in [0.717, 1.165) is 42.4 Å². The molecule has 0 saturated heterocycles.